The highest BCUT2D eigenvalue weighted by Crippen LogP contribution is 2.40. The second-order valence-corrected chi connectivity index (χ2v) is 6.50. The molecule has 0 unspecified atom stereocenters. The Labute approximate surface area is 125 Å². The summed E-state index contributed by atoms with van der Waals surface area (Å²) in [6.45, 7) is 0. The van der Waals surface area contributed by atoms with E-state index in [-0.39, 0.29) is 5.82 Å². The Morgan fingerprint density at radius 3 is 2.45 bits per heavy atom. The van der Waals surface area contributed by atoms with Crippen LogP contribution in [0.4, 0.5) is 14.6 Å². The van der Waals surface area contributed by atoms with Crippen molar-refractivity contribution in [2.45, 2.75) is 0 Å². The maximum atomic E-state index is 13.4. The van der Waals surface area contributed by atoms with Crippen molar-refractivity contribution in [1.29, 1.82) is 0 Å². The summed E-state index contributed by atoms with van der Waals surface area (Å²) in [4.78, 5) is 0.765. The van der Waals surface area contributed by atoms with Gasteiger partial charge in [-0.2, -0.15) is 0 Å². The molecule has 0 fully saturated rings. The molecular formula is C13H7BrF2N2OS. The van der Waals surface area contributed by atoms with Gasteiger partial charge in [0, 0.05) is 6.07 Å². The highest BCUT2D eigenvalue weighted by atomic mass is 79.9. The van der Waals surface area contributed by atoms with Crippen LogP contribution in [0.2, 0.25) is 0 Å². The maximum absolute atomic E-state index is 13.4. The lowest BCUT2D eigenvalue weighted by atomic mass is 10.0. The van der Waals surface area contributed by atoms with E-state index >= 15 is 0 Å². The molecule has 2 heterocycles. The van der Waals surface area contributed by atoms with E-state index in [1.54, 1.807) is 0 Å². The van der Waals surface area contributed by atoms with Crippen LogP contribution in [-0.4, -0.2) is 5.16 Å². The number of rotatable bonds is 2. The predicted molar refractivity (Wildman–Crippen MR) is 77.3 cm³/mol. The van der Waals surface area contributed by atoms with E-state index in [4.69, 9.17) is 10.3 Å². The van der Waals surface area contributed by atoms with E-state index in [9.17, 15) is 8.78 Å². The van der Waals surface area contributed by atoms with Crippen molar-refractivity contribution < 1.29 is 13.3 Å². The van der Waals surface area contributed by atoms with Crippen molar-refractivity contribution in [3.63, 3.8) is 0 Å². The summed E-state index contributed by atoms with van der Waals surface area (Å²) >= 11 is 4.76. The smallest absolute Gasteiger partial charge is 0.186 e. The highest BCUT2D eigenvalue weighted by molar-refractivity contribution is 9.11. The van der Waals surface area contributed by atoms with Gasteiger partial charge in [-0.05, 0) is 45.8 Å². The maximum Gasteiger partial charge on any atom is 0.186 e. The molecule has 7 heteroatoms. The van der Waals surface area contributed by atoms with Crippen molar-refractivity contribution in [1.82, 2.24) is 5.16 Å². The van der Waals surface area contributed by atoms with Gasteiger partial charge in [0.1, 0.15) is 11.6 Å². The monoisotopic (exact) mass is 356 g/mol. The molecule has 102 valence electrons. The highest BCUT2D eigenvalue weighted by Gasteiger charge is 2.20. The SMILES string of the molecule is Nc1noc(-c2ccc(Br)s2)c1-c1cc(F)cc(F)c1. The molecule has 0 aliphatic carbocycles. The first-order valence-electron chi connectivity index (χ1n) is 5.52. The van der Waals surface area contributed by atoms with Crippen molar-refractivity contribution >= 4 is 33.1 Å². The summed E-state index contributed by atoms with van der Waals surface area (Å²) in [5, 5.41) is 3.69. The Hall–Kier alpha value is -1.73. The Bertz CT molecular complexity index is 764. The van der Waals surface area contributed by atoms with Crippen molar-refractivity contribution in [3.8, 4) is 21.8 Å². The van der Waals surface area contributed by atoms with Gasteiger partial charge in [-0.25, -0.2) is 8.78 Å². The topological polar surface area (TPSA) is 52.0 Å². The van der Waals surface area contributed by atoms with Gasteiger partial charge in [-0.15, -0.1) is 11.3 Å². The number of thiophene rings is 1. The van der Waals surface area contributed by atoms with E-state index in [1.807, 2.05) is 12.1 Å². The Kier molecular flexibility index (Phi) is 3.31. The first kappa shape index (κ1) is 13.3. The molecule has 0 saturated carbocycles. The van der Waals surface area contributed by atoms with Crippen LogP contribution >= 0.6 is 27.3 Å². The van der Waals surface area contributed by atoms with E-state index in [0.717, 1.165) is 14.7 Å². The van der Waals surface area contributed by atoms with Crippen LogP contribution in [0.15, 0.2) is 38.6 Å². The lowest BCUT2D eigenvalue weighted by Crippen LogP contribution is -1.90. The van der Waals surface area contributed by atoms with Gasteiger partial charge in [0.25, 0.3) is 0 Å². The van der Waals surface area contributed by atoms with Gasteiger partial charge < -0.3 is 10.3 Å². The van der Waals surface area contributed by atoms with E-state index < -0.39 is 11.6 Å². The average Bonchev–Trinajstić information content (AvgIpc) is 2.94. The fourth-order valence-electron chi connectivity index (χ4n) is 1.88. The number of halogens is 3. The van der Waals surface area contributed by atoms with Gasteiger partial charge in [-0.3, -0.25) is 0 Å². The quantitative estimate of drug-likeness (QED) is 0.724. The molecule has 1 aromatic carbocycles. The summed E-state index contributed by atoms with van der Waals surface area (Å²) in [5.41, 5.74) is 6.44. The third-order valence-corrected chi connectivity index (χ3v) is 4.29. The molecule has 0 amide bonds. The Morgan fingerprint density at radius 1 is 1.15 bits per heavy atom. The summed E-state index contributed by atoms with van der Waals surface area (Å²) in [5.74, 6) is -0.879. The van der Waals surface area contributed by atoms with E-state index in [1.165, 1.54) is 23.5 Å². The standard InChI is InChI=1S/C13H7BrF2N2OS/c14-10-2-1-9(20-10)12-11(13(17)18-19-12)6-3-7(15)5-8(16)4-6/h1-5H,(H2,17,18). The molecule has 3 rings (SSSR count). The second-order valence-electron chi connectivity index (χ2n) is 4.03. The van der Waals surface area contributed by atoms with Crippen molar-refractivity contribution in [2.24, 2.45) is 0 Å². The van der Waals surface area contributed by atoms with Gasteiger partial charge in [-0.1, -0.05) is 5.16 Å². The van der Waals surface area contributed by atoms with E-state index in [2.05, 4.69) is 21.1 Å². The molecule has 0 atom stereocenters. The van der Waals surface area contributed by atoms with Crippen LogP contribution in [0.25, 0.3) is 21.8 Å². The number of hydrogen-bond acceptors (Lipinski definition) is 4. The fourth-order valence-corrected chi connectivity index (χ4v) is 3.25. The molecular weight excluding hydrogens is 350 g/mol. The summed E-state index contributed by atoms with van der Waals surface area (Å²) in [7, 11) is 0. The van der Waals surface area contributed by atoms with Crippen molar-refractivity contribution in [2.75, 3.05) is 5.73 Å². The van der Waals surface area contributed by atoms with Gasteiger partial charge >= 0.3 is 0 Å². The molecule has 3 nitrogen and oxygen atoms in total. The first-order chi connectivity index (χ1) is 9.54. The molecule has 0 aliphatic rings. The van der Waals surface area contributed by atoms with Gasteiger partial charge in [0.05, 0.1) is 14.2 Å². The second kappa shape index (κ2) is 4.99. The number of hydrogen-bond donors (Lipinski definition) is 1. The minimum absolute atomic E-state index is 0.0922. The Balaban J connectivity index is 2.21. The number of nitrogens with zero attached hydrogens (tertiary/aromatic N) is 1. The van der Waals surface area contributed by atoms with Crippen LogP contribution in [0.1, 0.15) is 0 Å². The zero-order valence-corrected chi connectivity index (χ0v) is 12.3. The minimum Gasteiger partial charge on any atom is -0.380 e. The third kappa shape index (κ3) is 2.34. The first-order valence-corrected chi connectivity index (χ1v) is 7.13. The van der Waals surface area contributed by atoms with Crippen LogP contribution in [0, 0.1) is 11.6 Å². The number of anilines is 1. The molecule has 0 radical (unpaired) electrons. The third-order valence-electron chi connectivity index (χ3n) is 2.67. The van der Waals surface area contributed by atoms with Crippen LogP contribution in [0.3, 0.4) is 0 Å². The predicted octanol–water partition coefficient (Wildman–Crippen LogP) is 4.69. The van der Waals surface area contributed by atoms with Gasteiger partial charge in [0.2, 0.25) is 0 Å². The molecule has 0 bridgehead atoms. The molecule has 3 aromatic rings. The Morgan fingerprint density at radius 2 is 1.85 bits per heavy atom. The molecule has 0 aliphatic heterocycles. The normalized spacial score (nSPS) is 10.9. The number of nitrogens with two attached hydrogens (primary N) is 1. The fraction of sp³-hybridized carbons (Fsp3) is 0. The molecule has 0 spiro atoms. The minimum atomic E-state index is -0.682. The average molecular weight is 357 g/mol. The molecule has 2 aromatic heterocycles. The lowest BCUT2D eigenvalue weighted by Gasteiger charge is -2.02. The van der Waals surface area contributed by atoms with Crippen molar-refractivity contribution in [3.05, 3.63) is 45.8 Å². The van der Waals surface area contributed by atoms with Crippen LogP contribution in [0.5, 0.6) is 0 Å². The largest absolute Gasteiger partial charge is 0.380 e. The lowest BCUT2D eigenvalue weighted by molar-refractivity contribution is 0.437. The van der Waals surface area contributed by atoms with Gasteiger partial charge in [0.15, 0.2) is 11.6 Å². The number of nitrogen functional groups attached to an aromatic ring is 1. The molecule has 20 heavy (non-hydrogen) atoms. The molecule has 0 saturated heterocycles. The summed E-state index contributed by atoms with van der Waals surface area (Å²) in [6, 6.07) is 6.84. The zero-order valence-electron chi connectivity index (χ0n) is 9.86. The van der Waals surface area contributed by atoms with Crippen LogP contribution in [-0.2, 0) is 0 Å². The summed E-state index contributed by atoms with van der Waals surface area (Å²) < 4.78 is 32.8. The number of aromatic nitrogens is 1. The number of benzene rings is 1. The zero-order chi connectivity index (χ0) is 14.3. The summed E-state index contributed by atoms with van der Waals surface area (Å²) in [6.07, 6.45) is 0. The molecule has 2 N–H and O–H groups in total. The van der Waals surface area contributed by atoms with Crippen LogP contribution < -0.4 is 5.73 Å². The van der Waals surface area contributed by atoms with E-state index in [0.29, 0.717) is 16.9 Å².